The van der Waals surface area contributed by atoms with Crippen LogP contribution >= 0.6 is 0 Å². The summed E-state index contributed by atoms with van der Waals surface area (Å²) >= 11 is 0. The monoisotopic (exact) mass is 262 g/mol. The minimum Gasteiger partial charge on any atom is -0.349 e. The van der Waals surface area contributed by atoms with Crippen molar-refractivity contribution in [2.75, 3.05) is 13.2 Å². The van der Waals surface area contributed by atoms with E-state index >= 15 is 0 Å². The topological polar surface area (TPSA) is 18.5 Å². The molecule has 0 aromatic carbocycles. The van der Waals surface area contributed by atoms with Crippen LogP contribution in [-0.2, 0) is 9.47 Å². The quantitative estimate of drug-likeness (QED) is 0.621. The van der Waals surface area contributed by atoms with Gasteiger partial charge in [0.15, 0.2) is 5.79 Å². The molecule has 19 heavy (non-hydrogen) atoms. The molecule has 0 bridgehead atoms. The van der Waals surface area contributed by atoms with Crippen LogP contribution in [0.4, 0.5) is 0 Å². The molecule has 1 saturated heterocycles. The SMILES string of the molecule is C=C1C[C@@H]2[C@H]3[C@H](CC[C@@H]13)[C@@H](C)C21OCC(C)(C)CO1. The summed E-state index contributed by atoms with van der Waals surface area (Å²) in [7, 11) is 0. The van der Waals surface area contributed by atoms with Gasteiger partial charge < -0.3 is 9.47 Å². The Hall–Kier alpha value is -0.340. The first-order chi connectivity index (χ1) is 8.95. The summed E-state index contributed by atoms with van der Waals surface area (Å²) in [6, 6.07) is 0. The van der Waals surface area contributed by atoms with E-state index in [1.165, 1.54) is 18.4 Å². The van der Waals surface area contributed by atoms with E-state index in [9.17, 15) is 0 Å². The van der Waals surface area contributed by atoms with Crippen LogP contribution in [0.3, 0.4) is 0 Å². The minimum absolute atomic E-state index is 0.164. The molecular weight excluding hydrogens is 236 g/mol. The van der Waals surface area contributed by atoms with Gasteiger partial charge in [0.05, 0.1) is 13.2 Å². The number of hydrogen-bond acceptors (Lipinski definition) is 2. The highest BCUT2D eigenvalue weighted by Crippen LogP contribution is 2.67. The Kier molecular flexibility index (Phi) is 2.38. The van der Waals surface area contributed by atoms with Crippen LogP contribution in [0.15, 0.2) is 12.2 Å². The molecule has 4 aliphatic rings. The number of hydrogen-bond donors (Lipinski definition) is 0. The van der Waals surface area contributed by atoms with Gasteiger partial charge in [-0.1, -0.05) is 32.9 Å². The molecule has 0 aromatic rings. The van der Waals surface area contributed by atoms with Crippen LogP contribution in [0.2, 0.25) is 0 Å². The normalized spacial score (nSPS) is 49.8. The van der Waals surface area contributed by atoms with Gasteiger partial charge in [-0.15, -0.1) is 0 Å². The van der Waals surface area contributed by atoms with Gasteiger partial charge in [-0.2, -0.15) is 0 Å². The fraction of sp³-hybridized carbons (Fsp3) is 0.882. The zero-order valence-corrected chi connectivity index (χ0v) is 12.4. The molecule has 0 N–H and O–H groups in total. The molecule has 3 aliphatic carbocycles. The molecule has 1 heterocycles. The molecule has 106 valence electrons. The van der Waals surface area contributed by atoms with Gasteiger partial charge in [0, 0.05) is 17.3 Å². The van der Waals surface area contributed by atoms with Gasteiger partial charge in [-0.25, -0.2) is 0 Å². The van der Waals surface area contributed by atoms with Gasteiger partial charge >= 0.3 is 0 Å². The van der Waals surface area contributed by atoms with Crippen molar-refractivity contribution in [3.63, 3.8) is 0 Å². The molecule has 3 saturated carbocycles. The summed E-state index contributed by atoms with van der Waals surface area (Å²) in [6.45, 7) is 12.8. The Balaban J connectivity index is 1.69. The number of allylic oxidation sites excluding steroid dienone is 1. The Labute approximate surface area is 116 Å². The van der Waals surface area contributed by atoms with Crippen molar-refractivity contribution in [3.05, 3.63) is 12.2 Å². The third kappa shape index (κ3) is 1.45. The van der Waals surface area contributed by atoms with Crippen molar-refractivity contribution in [1.29, 1.82) is 0 Å². The summed E-state index contributed by atoms with van der Waals surface area (Å²) in [5.74, 6) is 3.20. The van der Waals surface area contributed by atoms with Crippen molar-refractivity contribution in [2.24, 2.45) is 35.0 Å². The maximum absolute atomic E-state index is 6.41. The third-order valence-corrected chi connectivity index (χ3v) is 6.41. The van der Waals surface area contributed by atoms with Crippen molar-refractivity contribution in [3.8, 4) is 0 Å². The fourth-order valence-electron chi connectivity index (χ4n) is 5.49. The van der Waals surface area contributed by atoms with E-state index < -0.39 is 0 Å². The number of ether oxygens (including phenoxy) is 2. The number of fused-ring (bicyclic) bond motifs is 1. The maximum Gasteiger partial charge on any atom is 0.174 e. The Morgan fingerprint density at radius 3 is 2.53 bits per heavy atom. The van der Waals surface area contributed by atoms with Crippen LogP contribution in [0.25, 0.3) is 0 Å². The van der Waals surface area contributed by atoms with Crippen LogP contribution < -0.4 is 0 Å². The Bertz CT molecular complexity index is 415. The molecule has 1 spiro atoms. The predicted molar refractivity (Wildman–Crippen MR) is 74.5 cm³/mol. The van der Waals surface area contributed by atoms with E-state index in [0.29, 0.717) is 11.8 Å². The third-order valence-electron chi connectivity index (χ3n) is 6.41. The lowest BCUT2D eigenvalue weighted by molar-refractivity contribution is -0.332. The first kappa shape index (κ1) is 12.4. The lowest BCUT2D eigenvalue weighted by atomic mass is 9.87. The predicted octanol–water partition coefficient (Wildman–Crippen LogP) is 3.62. The average Bonchev–Trinajstić information content (AvgIpc) is 2.96. The van der Waals surface area contributed by atoms with Gasteiger partial charge in [-0.3, -0.25) is 0 Å². The smallest absolute Gasteiger partial charge is 0.174 e. The minimum atomic E-state index is -0.289. The lowest BCUT2D eigenvalue weighted by Gasteiger charge is -2.47. The van der Waals surface area contributed by atoms with E-state index in [4.69, 9.17) is 9.47 Å². The van der Waals surface area contributed by atoms with E-state index in [-0.39, 0.29) is 11.2 Å². The van der Waals surface area contributed by atoms with Crippen LogP contribution in [0.5, 0.6) is 0 Å². The summed E-state index contributed by atoms with van der Waals surface area (Å²) < 4.78 is 12.8. The highest BCUT2D eigenvalue weighted by Gasteiger charge is 2.67. The first-order valence-corrected chi connectivity index (χ1v) is 7.90. The second kappa shape index (κ2) is 3.65. The molecule has 0 unspecified atom stereocenters. The molecule has 2 nitrogen and oxygen atoms in total. The molecule has 4 fully saturated rings. The molecule has 0 aromatic heterocycles. The molecule has 4 rings (SSSR count). The van der Waals surface area contributed by atoms with Gasteiger partial charge in [-0.05, 0) is 37.0 Å². The highest BCUT2D eigenvalue weighted by atomic mass is 16.7. The molecular formula is C17H26O2. The van der Waals surface area contributed by atoms with Crippen LogP contribution in [-0.4, -0.2) is 19.0 Å². The lowest BCUT2D eigenvalue weighted by Crippen LogP contribution is -2.53. The Morgan fingerprint density at radius 2 is 1.84 bits per heavy atom. The summed E-state index contributed by atoms with van der Waals surface area (Å²) in [5, 5.41) is 0. The highest BCUT2D eigenvalue weighted by molar-refractivity contribution is 5.23. The standard InChI is InChI=1S/C17H26O2/c1-10-7-14-15-12(10)5-6-13(15)11(2)17(14)18-8-16(3,4)9-19-17/h11-15H,1,5-9H2,2-4H3/t11-,12+,13-,14-,15-/m1/s1. The number of rotatable bonds is 0. The van der Waals surface area contributed by atoms with Crippen molar-refractivity contribution < 1.29 is 9.47 Å². The van der Waals surface area contributed by atoms with E-state index in [0.717, 1.165) is 37.4 Å². The van der Waals surface area contributed by atoms with Crippen molar-refractivity contribution in [1.82, 2.24) is 0 Å². The van der Waals surface area contributed by atoms with Gasteiger partial charge in [0.25, 0.3) is 0 Å². The molecule has 1 aliphatic heterocycles. The average molecular weight is 262 g/mol. The largest absolute Gasteiger partial charge is 0.349 e. The molecule has 0 amide bonds. The summed E-state index contributed by atoms with van der Waals surface area (Å²) in [6.07, 6.45) is 3.84. The van der Waals surface area contributed by atoms with Crippen molar-refractivity contribution in [2.45, 2.75) is 45.8 Å². The summed E-state index contributed by atoms with van der Waals surface area (Å²) in [5.41, 5.74) is 1.64. The molecule has 5 atom stereocenters. The van der Waals surface area contributed by atoms with Gasteiger partial charge in [0.1, 0.15) is 0 Å². The molecule has 2 heteroatoms. The second-order valence-electron chi connectivity index (χ2n) is 8.15. The first-order valence-electron chi connectivity index (χ1n) is 7.90. The maximum atomic E-state index is 6.41. The zero-order valence-electron chi connectivity index (χ0n) is 12.4. The van der Waals surface area contributed by atoms with E-state index in [1.54, 1.807) is 0 Å². The van der Waals surface area contributed by atoms with E-state index in [2.05, 4.69) is 27.4 Å². The zero-order chi connectivity index (χ0) is 13.4. The Morgan fingerprint density at radius 1 is 1.16 bits per heavy atom. The van der Waals surface area contributed by atoms with Crippen molar-refractivity contribution >= 4 is 0 Å². The molecule has 0 radical (unpaired) electrons. The second-order valence-corrected chi connectivity index (χ2v) is 8.15. The van der Waals surface area contributed by atoms with Crippen LogP contribution in [0.1, 0.15) is 40.0 Å². The summed E-state index contributed by atoms with van der Waals surface area (Å²) in [4.78, 5) is 0. The van der Waals surface area contributed by atoms with E-state index in [1.807, 2.05) is 0 Å². The van der Waals surface area contributed by atoms with Crippen LogP contribution in [0, 0.1) is 35.0 Å². The fourth-order valence-corrected chi connectivity index (χ4v) is 5.49. The van der Waals surface area contributed by atoms with Gasteiger partial charge in [0.2, 0.25) is 0 Å².